The van der Waals surface area contributed by atoms with Crippen LogP contribution in [0.3, 0.4) is 0 Å². The van der Waals surface area contributed by atoms with Crippen molar-refractivity contribution in [2.24, 2.45) is 21.9 Å². The summed E-state index contributed by atoms with van der Waals surface area (Å²) >= 11 is 0. The number of carbonyl (C=O) groups excluding carboxylic acids is 4. The first-order valence-electron chi connectivity index (χ1n) is 13.7. The molecule has 0 saturated heterocycles. The van der Waals surface area contributed by atoms with Crippen molar-refractivity contribution in [1.82, 2.24) is 0 Å². The Morgan fingerprint density at radius 3 is 2.24 bits per heavy atom. The molecule has 42 heavy (non-hydrogen) atoms. The van der Waals surface area contributed by atoms with Gasteiger partial charge in [-0.1, -0.05) is 50.6 Å². The van der Waals surface area contributed by atoms with Gasteiger partial charge in [0.25, 0.3) is 5.97 Å². The molecule has 7 atom stereocenters. The van der Waals surface area contributed by atoms with Gasteiger partial charge in [-0.15, -0.1) is 5.60 Å². The Bertz CT molecular complexity index is 1310. The average molecular weight is 806 g/mol. The summed E-state index contributed by atoms with van der Waals surface area (Å²) in [6.45, 7) is 13.1. The van der Waals surface area contributed by atoms with Crippen LogP contribution in [0.25, 0.3) is 0 Å². The first-order chi connectivity index (χ1) is 19.0. The van der Waals surface area contributed by atoms with Crippen molar-refractivity contribution in [1.29, 1.82) is 0 Å². The number of ether oxygens (including phenoxy) is 3. The van der Waals surface area contributed by atoms with Gasteiger partial charge in [0.1, 0.15) is 17.7 Å². The van der Waals surface area contributed by atoms with Gasteiger partial charge < -0.3 is 32.7 Å². The van der Waals surface area contributed by atoms with E-state index in [2.05, 4.69) is 12.1 Å². The Morgan fingerprint density at radius 2 is 1.69 bits per heavy atom. The van der Waals surface area contributed by atoms with Crippen LogP contribution in [-0.4, -0.2) is 58.2 Å². The van der Waals surface area contributed by atoms with Crippen molar-refractivity contribution >= 4 is 23.7 Å². The second kappa shape index (κ2) is 12.0. The van der Waals surface area contributed by atoms with Gasteiger partial charge in [-0.2, -0.15) is 11.3 Å². The number of benzene rings is 1. The normalized spacial score (nSPS) is 35.4. The zero-order chi connectivity index (χ0) is 30.5. The summed E-state index contributed by atoms with van der Waals surface area (Å²) in [4.78, 5) is 65.2. The minimum absolute atomic E-state index is 0. The van der Waals surface area contributed by atoms with Crippen LogP contribution >= 0.6 is 0 Å². The molecule has 2 bridgehead atoms. The van der Waals surface area contributed by atoms with E-state index < -0.39 is 69.9 Å². The predicted molar refractivity (Wildman–Crippen MR) is 147 cm³/mol. The number of Topliss-reactive ketones (excluding diaryl/α,β-unsaturated/α-hetero) is 1. The molecule has 224 valence electrons. The van der Waals surface area contributed by atoms with Gasteiger partial charge >= 0.3 is 43.1 Å². The van der Waals surface area contributed by atoms with E-state index in [4.69, 9.17) is 14.2 Å². The van der Waals surface area contributed by atoms with Crippen LogP contribution in [0, 0.1) is 66.1 Å². The number of fused-ring (bicyclic) bond motifs is 3. The third kappa shape index (κ3) is 5.41. The summed E-state index contributed by atoms with van der Waals surface area (Å²) in [5.41, 5.74) is -5.83. The fraction of sp³-hybridized carbons (Fsp3) is 0.548. The first-order valence-corrected chi connectivity index (χ1v) is 13.7. The van der Waals surface area contributed by atoms with Gasteiger partial charge in [0.05, 0.1) is 5.56 Å². The molecule has 0 unspecified atom stereocenters. The Labute approximate surface area is 269 Å². The van der Waals surface area contributed by atoms with Crippen molar-refractivity contribution < 1.29 is 69.6 Å². The molecular formula is C31H37NO9U. The van der Waals surface area contributed by atoms with E-state index in [1.165, 1.54) is 13.8 Å². The average Bonchev–Trinajstić information content (AvgIpc) is 2.88. The van der Waals surface area contributed by atoms with Crippen LogP contribution in [0.2, 0.25) is 0 Å². The third-order valence-electron chi connectivity index (χ3n) is 9.38. The molecule has 11 heteroatoms. The molecule has 0 aromatic heterocycles. The van der Waals surface area contributed by atoms with Crippen molar-refractivity contribution in [3.05, 3.63) is 65.3 Å². The summed E-state index contributed by atoms with van der Waals surface area (Å²) < 4.78 is 17.6. The molecule has 3 aliphatic rings. The number of aliphatic hydroxyl groups is 1. The quantitative estimate of drug-likeness (QED) is 0.153. The van der Waals surface area contributed by atoms with Crippen LogP contribution in [0.5, 0.6) is 0 Å². The molecule has 0 spiro atoms. The fourth-order valence-electron chi connectivity index (χ4n) is 7.32. The summed E-state index contributed by atoms with van der Waals surface area (Å²) in [6, 6.07) is 7.00. The molecule has 0 aliphatic heterocycles. The van der Waals surface area contributed by atoms with Crippen LogP contribution in [0.15, 0.2) is 46.7 Å². The number of rotatable bonds is 5. The maximum Gasteiger partial charge on any atom is 2.00 e. The number of nitroso groups, excluding NO2 is 1. The Kier molecular flexibility index (Phi) is 9.73. The van der Waals surface area contributed by atoms with Gasteiger partial charge in [0.2, 0.25) is 0 Å². The van der Waals surface area contributed by atoms with E-state index in [0.717, 1.165) is 0 Å². The third-order valence-corrected chi connectivity index (χ3v) is 9.38. The van der Waals surface area contributed by atoms with E-state index in [1.807, 2.05) is 0 Å². The maximum absolute atomic E-state index is 14.7. The molecular weight excluding hydrogens is 768 g/mol. The molecule has 1 aromatic carbocycles. The van der Waals surface area contributed by atoms with Crippen molar-refractivity contribution in [3.63, 3.8) is 0 Å². The second-order valence-corrected chi connectivity index (χ2v) is 12.2. The van der Waals surface area contributed by atoms with Crippen LogP contribution < -0.4 is 0 Å². The molecule has 1 N–H and O–H groups in total. The van der Waals surface area contributed by atoms with Crippen molar-refractivity contribution in [2.75, 3.05) is 0 Å². The summed E-state index contributed by atoms with van der Waals surface area (Å²) in [7, 11) is 0. The number of esters is 3. The number of carbonyl (C=O) groups is 4. The molecule has 1 aromatic rings. The molecule has 0 heterocycles. The van der Waals surface area contributed by atoms with E-state index >= 15 is 0 Å². The van der Waals surface area contributed by atoms with Crippen LogP contribution in [0.1, 0.15) is 71.2 Å². The van der Waals surface area contributed by atoms with Crippen LogP contribution in [-0.2, 0) is 28.6 Å². The Balaban J connectivity index is 0.00000484. The number of hydrogen-bond acceptors (Lipinski definition) is 10. The zero-order valence-electron chi connectivity index (χ0n) is 24.8. The van der Waals surface area contributed by atoms with E-state index in [0.29, 0.717) is 12.0 Å². The Hall–Kier alpha value is -2.35. The smallest absolute Gasteiger partial charge is 0.524 e. The zero-order valence-corrected chi connectivity index (χ0v) is 28.9. The number of ketones is 1. The van der Waals surface area contributed by atoms with Gasteiger partial charge in [-0.3, -0.25) is 14.4 Å². The van der Waals surface area contributed by atoms with Gasteiger partial charge in [0, 0.05) is 31.1 Å². The van der Waals surface area contributed by atoms with Crippen molar-refractivity contribution in [3.8, 4) is 0 Å². The maximum atomic E-state index is 14.7. The topological polar surface area (TPSA) is 146 Å². The molecule has 3 aliphatic carbocycles. The van der Waals surface area contributed by atoms with Gasteiger partial charge in [0.15, 0.2) is 11.9 Å². The van der Waals surface area contributed by atoms with E-state index in [9.17, 15) is 29.2 Å². The molecule has 2 saturated carbocycles. The molecule has 2 fully saturated rings. The number of nitrogens with zero attached hydrogens (tertiary/aromatic N) is 1. The van der Waals surface area contributed by atoms with Gasteiger partial charge in [-0.25, -0.2) is 4.79 Å². The monoisotopic (exact) mass is 805 g/mol. The number of hydrogen-bond donors (Lipinski definition) is 1. The SMILES string of the molecule is [CH2-][C@]1(OC(C)=O)[CH-]CC[C@@]2(C)C(=O)[C@H](OC(C)=O)C3=C(C)[C@@H](N=O)C[C@@](O)([C@@H](OC(=O)c4ccccc4)[C@@H]21)C3(C)C.[U+2]. The minimum atomic E-state index is -2.05. The Morgan fingerprint density at radius 1 is 1.07 bits per heavy atom. The fourth-order valence-corrected chi connectivity index (χ4v) is 7.32. The summed E-state index contributed by atoms with van der Waals surface area (Å²) in [5.74, 6) is -3.99. The molecule has 4 rings (SSSR count). The van der Waals surface area contributed by atoms with Crippen molar-refractivity contribution in [2.45, 2.75) is 90.3 Å². The predicted octanol–water partition coefficient (Wildman–Crippen LogP) is 4.10. The summed E-state index contributed by atoms with van der Waals surface area (Å²) in [5, 5.41) is 16.1. The first kappa shape index (κ1) is 34.1. The van der Waals surface area contributed by atoms with Crippen LogP contribution in [0.4, 0.5) is 0 Å². The second-order valence-electron chi connectivity index (χ2n) is 12.2. The standard InChI is InChI=1S/C31H37NO9.U/c1-17-21(32-38)16-31(37)26(40-27(36)20-12-9-8-10-13-20)24-29(6,14-11-15-30(24,7)41-19(3)34)25(35)23(39-18(2)33)22(17)28(31,4)5;/h8-10,12-13,15,21,23-24,26,37H,7,11,14,16H2,1-6H3;/q-2;+2/t21-,23+,24-,26-,29+,30-,31+;/m0./s1. The molecule has 0 amide bonds. The molecule has 0 radical (unpaired) electrons. The van der Waals surface area contributed by atoms with E-state index in [1.54, 1.807) is 64.4 Å². The minimum Gasteiger partial charge on any atom is -0.524 e. The molecule has 10 nitrogen and oxygen atoms in total. The van der Waals surface area contributed by atoms with Gasteiger partial charge in [-0.05, 0) is 36.1 Å². The van der Waals surface area contributed by atoms with E-state index in [-0.39, 0.29) is 55.1 Å². The largest absolute Gasteiger partial charge is 2.00 e. The summed E-state index contributed by atoms with van der Waals surface area (Å²) in [6.07, 6.45) is -1.13.